The maximum Gasteiger partial charge on any atom is 0.272 e. The minimum Gasteiger partial charge on any atom is -0.268 e. The van der Waals surface area contributed by atoms with E-state index in [0.717, 1.165) is 17.7 Å². The maximum atomic E-state index is 11.7. The Bertz CT molecular complexity index is 696. The Kier molecular flexibility index (Phi) is 3.33. The average Bonchev–Trinajstić information content (AvgIpc) is 2.40. The zero-order valence-corrected chi connectivity index (χ0v) is 9.37. The molecule has 2 aromatic rings. The van der Waals surface area contributed by atoms with Gasteiger partial charge in [-0.15, -0.1) is 0 Å². The van der Waals surface area contributed by atoms with E-state index >= 15 is 0 Å². The summed E-state index contributed by atoms with van der Waals surface area (Å²) in [4.78, 5) is 34.1. The van der Waals surface area contributed by atoms with Crippen molar-refractivity contribution in [3.63, 3.8) is 0 Å². The van der Waals surface area contributed by atoms with Crippen LogP contribution in [-0.4, -0.2) is 15.7 Å². The summed E-state index contributed by atoms with van der Waals surface area (Å²) in [5, 5.41) is 2.16. The first-order chi connectivity index (χ1) is 8.66. The second-order valence-corrected chi connectivity index (χ2v) is 3.57. The van der Waals surface area contributed by atoms with E-state index in [4.69, 9.17) is 0 Å². The van der Waals surface area contributed by atoms with Crippen LogP contribution in [-0.2, 0) is 0 Å². The SMILES string of the molecule is O=C(C=Cc1ccccc1)n1[nH]c(=O)ccc1=O. The van der Waals surface area contributed by atoms with Crippen molar-refractivity contribution in [2.75, 3.05) is 0 Å². The smallest absolute Gasteiger partial charge is 0.268 e. The van der Waals surface area contributed by atoms with Crippen LogP contribution < -0.4 is 11.1 Å². The zero-order valence-electron chi connectivity index (χ0n) is 9.37. The van der Waals surface area contributed by atoms with Crippen LogP contribution in [0.3, 0.4) is 0 Å². The Morgan fingerprint density at radius 3 is 2.50 bits per heavy atom. The molecule has 0 fully saturated rings. The number of benzene rings is 1. The number of carbonyl (C=O) groups is 1. The van der Waals surface area contributed by atoms with Gasteiger partial charge >= 0.3 is 0 Å². The van der Waals surface area contributed by atoms with Gasteiger partial charge in [0.1, 0.15) is 0 Å². The number of hydrogen-bond acceptors (Lipinski definition) is 3. The second kappa shape index (κ2) is 5.09. The van der Waals surface area contributed by atoms with Crippen LogP contribution in [0.4, 0.5) is 0 Å². The number of rotatable bonds is 2. The van der Waals surface area contributed by atoms with Crippen molar-refractivity contribution < 1.29 is 4.79 Å². The standard InChI is InChI=1S/C13H10N2O3/c16-11-7-9-13(18)15(14-11)12(17)8-6-10-4-2-1-3-5-10/h1-9H,(H,14,16). The third-order valence-corrected chi connectivity index (χ3v) is 2.26. The highest BCUT2D eigenvalue weighted by Gasteiger charge is 2.03. The number of allylic oxidation sites excluding steroid dienone is 1. The molecule has 0 atom stereocenters. The lowest BCUT2D eigenvalue weighted by atomic mass is 10.2. The Morgan fingerprint density at radius 1 is 1.06 bits per heavy atom. The van der Waals surface area contributed by atoms with E-state index in [2.05, 4.69) is 5.10 Å². The van der Waals surface area contributed by atoms with E-state index in [1.165, 1.54) is 6.08 Å². The monoisotopic (exact) mass is 242 g/mol. The molecule has 0 saturated heterocycles. The van der Waals surface area contributed by atoms with Crippen molar-refractivity contribution in [3.8, 4) is 0 Å². The predicted octanol–water partition coefficient (Wildman–Crippen LogP) is 0.890. The lowest BCUT2D eigenvalue weighted by Gasteiger charge is -1.98. The molecule has 18 heavy (non-hydrogen) atoms. The molecule has 2 rings (SSSR count). The minimum atomic E-state index is -0.596. The first kappa shape index (κ1) is 11.8. The summed E-state index contributed by atoms with van der Waals surface area (Å²) < 4.78 is 0.668. The van der Waals surface area contributed by atoms with Crippen molar-refractivity contribution >= 4 is 12.0 Å². The number of nitrogens with zero attached hydrogens (tertiary/aromatic N) is 1. The molecule has 0 aliphatic heterocycles. The first-order valence-corrected chi connectivity index (χ1v) is 5.27. The molecule has 0 amide bonds. The molecule has 5 nitrogen and oxygen atoms in total. The largest absolute Gasteiger partial charge is 0.272 e. The van der Waals surface area contributed by atoms with Gasteiger partial charge in [0.25, 0.3) is 17.0 Å². The molecule has 0 saturated carbocycles. The number of aromatic nitrogens is 2. The van der Waals surface area contributed by atoms with Crippen molar-refractivity contribution in [2.45, 2.75) is 0 Å². The number of carbonyl (C=O) groups excluding carboxylic acids is 1. The van der Waals surface area contributed by atoms with E-state index in [1.54, 1.807) is 6.08 Å². The summed E-state index contributed by atoms with van der Waals surface area (Å²) in [6.07, 6.45) is 2.80. The number of hydrogen-bond donors (Lipinski definition) is 1. The fourth-order valence-electron chi connectivity index (χ4n) is 1.39. The Balaban J connectivity index is 2.28. The van der Waals surface area contributed by atoms with Gasteiger partial charge in [-0.25, -0.2) is 0 Å². The third kappa shape index (κ3) is 2.70. The van der Waals surface area contributed by atoms with Crippen LogP contribution in [0.5, 0.6) is 0 Å². The van der Waals surface area contributed by atoms with Gasteiger partial charge in [-0.2, -0.15) is 4.68 Å². The topological polar surface area (TPSA) is 71.9 Å². The molecule has 0 bridgehead atoms. The molecular weight excluding hydrogens is 232 g/mol. The average molecular weight is 242 g/mol. The Morgan fingerprint density at radius 2 is 1.78 bits per heavy atom. The number of nitrogens with one attached hydrogen (secondary N) is 1. The molecule has 1 aromatic heterocycles. The van der Waals surface area contributed by atoms with E-state index in [-0.39, 0.29) is 0 Å². The van der Waals surface area contributed by atoms with Crippen molar-refractivity contribution in [3.05, 3.63) is 74.8 Å². The molecule has 1 aromatic carbocycles. The van der Waals surface area contributed by atoms with Gasteiger partial charge in [0.15, 0.2) is 0 Å². The van der Waals surface area contributed by atoms with Gasteiger partial charge in [-0.3, -0.25) is 19.5 Å². The molecule has 0 aliphatic rings. The van der Waals surface area contributed by atoms with Crippen LogP contribution in [0.2, 0.25) is 0 Å². The maximum absolute atomic E-state index is 11.7. The van der Waals surface area contributed by atoms with Crippen LogP contribution in [0, 0.1) is 0 Å². The summed E-state index contributed by atoms with van der Waals surface area (Å²) in [5.41, 5.74) is -0.245. The van der Waals surface area contributed by atoms with Crippen molar-refractivity contribution in [1.29, 1.82) is 0 Å². The Hall–Kier alpha value is -2.69. The summed E-state index contributed by atoms with van der Waals surface area (Å²) in [6.45, 7) is 0. The van der Waals surface area contributed by atoms with Gasteiger partial charge in [0.05, 0.1) is 0 Å². The van der Waals surface area contributed by atoms with Gasteiger partial charge < -0.3 is 0 Å². The third-order valence-electron chi connectivity index (χ3n) is 2.26. The van der Waals surface area contributed by atoms with Gasteiger partial charge in [0.2, 0.25) is 0 Å². The highest BCUT2D eigenvalue weighted by atomic mass is 16.2. The summed E-state index contributed by atoms with van der Waals surface area (Å²) in [7, 11) is 0. The van der Waals surface area contributed by atoms with E-state index in [1.807, 2.05) is 30.3 Å². The van der Waals surface area contributed by atoms with Crippen LogP contribution in [0.25, 0.3) is 6.08 Å². The van der Waals surface area contributed by atoms with Gasteiger partial charge in [0, 0.05) is 18.2 Å². The second-order valence-electron chi connectivity index (χ2n) is 3.57. The van der Waals surface area contributed by atoms with E-state index in [0.29, 0.717) is 4.68 Å². The molecule has 1 N–H and O–H groups in total. The quantitative estimate of drug-likeness (QED) is 0.795. The minimum absolute atomic E-state index is 0.504. The Labute approximate surface area is 102 Å². The van der Waals surface area contributed by atoms with Gasteiger partial charge in [-0.1, -0.05) is 30.3 Å². The molecule has 0 aliphatic carbocycles. The first-order valence-electron chi connectivity index (χ1n) is 5.27. The molecule has 0 unspecified atom stereocenters. The lowest BCUT2D eigenvalue weighted by molar-refractivity contribution is 0.0948. The lowest BCUT2D eigenvalue weighted by Crippen LogP contribution is -2.32. The van der Waals surface area contributed by atoms with Crippen molar-refractivity contribution in [2.24, 2.45) is 0 Å². The van der Waals surface area contributed by atoms with Crippen molar-refractivity contribution in [1.82, 2.24) is 9.78 Å². The highest BCUT2D eigenvalue weighted by Crippen LogP contribution is 2.00. The van der Waals surface area contributed by atoms with Crippen LogP contribution in [0.1, 0.15) is 10.4 Å². The number of H-pyrrole nitrogens is 1. The van der Waals surface area contributed by atoms with Crippen LogP contribution >= 0.6 is 0 Å². The fourth-order valence-corrected chi connectivity index (χ4v) is 1.39. The van der Waals surface area contributed by atoms with Crippen LogP contribution in [0.15, 0.2) is 58.1 Å². The predicted molar refractivity (Wildman–Crippen MR) is 67.4 cm³/mol. The number of aromatic amines is 1. The van der Waals surface area contributed by atoms with Gasteiger partial charge in [-0.05, 0) is 11.6 Å². The van der Waals surface area contributed by atoms with E-state index < -0.39 is 17.0 Å². The zero-order chi connectivity index (χ0) is 13.0. The highest BCUT2D eigenvalue weighted by molar-refractivity contribution is 5.92. The fraction of sp³-hybridized carbons (Fsp3) is 0. The molecule has 0 radical (unpaired) electrons. The summed E-state index contributed by atoms with van der Waals surface area (Å²) in [6, 6.07) is 11.3. The molecule has 5 heteroatoms. The summed E-state index contributed by atoms with van der Waals surface area (Å²) in [5.74, 6) is -0.596. The molecule has 1 heterocycles. The van der Waals surface area contributed by atoms with E-state index in [9.17, 15) is 14.4 Å². The molecule has 90 valence electrons. The summed E-state index contributed by atoms with van der Waals surface area (Å²) >= 11 is 0. The molecule has 0 spiro atoms. The molecular formula is C13H10N2O3. The normalized spacial score (nSPS) is 10.7.